The van der Waals surface area contributed by atoms with Crippen LogP contribution in [-0.4, -0.2) is 30.6 Å². The third kappa shape index (κ3) is 4.66. The number of unbranched alkanes of at least 4 members (excludes halogenated alkanes) is 3. The predicted molar refractivity (Wildman–Crippen MR) is 117 cm³/mol. The molecule has 1 N–H and O–H groups in total. The van der Waals surface area contributed by atoms with Crippen LogP contribution in [0.3, 0.4) is 0 Å². The molecule has 0 radical (unpaired) electrons. The zero-order valence-electron chi connectivity index (χ0n) is 17.9. The summed E-state index contributed by atoms with van der Waals surface area (Å²) in [6, 6.07) is 13.6. The summed E-state index contributed by atoms with van der Waals surface area (Å²) in [5, 5.41) is 3.52. The van der Waals surface area contributed by atoms with Gasteiger partial charge in [0.05, 0.1) is 19.3 Å². The molecule has 1 atom stereocenters. The van der Waals surface area contributed by atoms with E-state index in [0.717, 1.165) is 23.4 Å². The summed E-state index contributed by atoms with van der Waals surface area (Å²) in [5.41, 5.74) is 2.53. The standard InChI is InChI=1S/C24H32N2O3/c1-5-6-7-10-15-29-21-14-13-18(16-22(21)28-4)23-25-20-12-9-8-11-19(20)24(27)26(23)17(2)3/h8-9,11-14,16-17,23,25H,5-7,10,15H2,1-4H3. The van der Waals surface area contributed by atoms with Gasteiger partial charge >= 0.3 is 0 Å². The maximum Gasteiger partial charge on any atom is 0.258 e. The Bertz CT molecular complexity index is 835. The van der Waals surface area contributed by atoms with Gasteiger partial charge in [-0.15, -0.1) is 0 Å². The second-order valence-electron chi connectivity index (χ2n) is 7.72. The van der Waals surface area contributed by atoms with Crippen LogP contribution in [0, 0.1) is 0 Å². The van der Waals surface area contributed by atoms with Gasteiger partial charge in [-0.25, -0.2) is 0 Å². The molecule has 0 spiro atoms. The quantitative estimate of drug-likeness (QED) is 0.558. The molecule has 0 aliphatic carbocycles. The summed E-state index contributed by atoms with van der Waals surface area (Å²) < 4.78 is 11.5. The second kappa shape index (κ2) is 9.68. The molecule has 0 bridgehead atoms. The first kappa shape index (κ1) is 21.0. The van der Waals surface area contributed by atoms with E-state index in [1.165, 1.54) is 19.3 Å². The highest BCUT2D eigenvalue weighted by atomic mass is 16.5. The van der Waals surface area contributed by atoms with Gasteiger partial charge in [0.1, 0.15) is 6.17 Å². The highest BCUT2D eigenvalue weighted by Gasteiger charge is 2.34. The van der Waals surface area contributed by atoms with Crippen molar-refractivity contribution < 1.29 is 14.3 Å². The molecule has 1 amide bonds. The molecular weight excluding hydrogens is 364 g/mol. The Balaban J connectivity index is 1.84. The molecule has 29 heavy (non-hydrogen) atoms. The third-order valence-corrected chi connectivity index (χ3v) is 5.28. The number of amides is 1. The fourth-order valence-electron chi connectivity index (χ4n) is 3.73. The molecule has 3 rings (SSSR count). The number of hydrogen-bond acceptors (Lipinski definition) is 4. The molecule has 1 aliphatic rings. The fraction of sp³-hybridized carbons (Fsp3) is 0.458. The lowest BCUT2D eigenvalue weighted by molar-refractivity contribution is 0.0616. The van der Waals surface area contributed by atoms with Crippen LogP contribution in [0.25, 0.3) is 0 Å². The van der Waals surface area contributed by atoms with Crippen molar-refractivity contribution in [1.82, 2.24) is 4.90 Å². The highest BCUT2D eigenvalue weighted by Crippen LogP contribution is 2.37. The number of anilines is 1. The maximum atomic E-state index is 13.1. The second-order valence-corrected chi connectivity index (χ2v) is 7.72. The number of methoxy groups -OCH3 is 1. The average molecular weight is 397 g/mol. The summed E-state index contributed by atoms with van der Waals surface area (Å²) >= 11 is 0. The molecule has 2 aromatic rings. The fourth-order valence-corrected chi connectivity index (χ4v) is 3.73. The minimum absolute atomic E-state index is 0.0366. The van der Waals surface area contributed by atoms with Crippen LogP contribution in [-0.2, 0) is 0 Å². The molecule has 1 unspecified atom stereocenters. The number of benzene rings is 2. The number of hydrogen-bond donors (Lipinski definition) is 1. The number of nitrogens with zero attached hydrogens (tertiary/aromatic N) is 1. The number of para-hydroxylation sites is 1. The Kier molecular flexibility index (Phi) is 7.02. The molecule has 5 heteroatoms. The van der Waals surface area contributed by atoms with Crippen molar-refractivity contribution in [2.45, 2.75) is 58.7 Å². The Morgan fingerprint density at radius 3 is 2.59 bits per heavy atom. The summed E-state index contributed by atoms with van der Waals surface area (Å²) in [6.07, 6.45) is 4.39. The average Bonchev–Trinajstić information content (AvgIpc) is 2.73. The number of rotatable bonds is 9. The van der Waals surface area contributed by atoms with Crippen molar-refractivity contribution in [3.8, 4) is 11.5 Å². The first-order valence-corrected chi connectivity index (χ1v) is 10.6. The molecule has 0 fully saturated rings. The largest absolute Gasteiger partial charge is 0.493 e. The van der Waals surface area contributed by atoms with E-state index in [9.17, 15) is 4.79 Å². The van der Waals surface area contributed by atoms with Gasteiger partial charge in [-0.2, -0.15) is 0 Å². The van der Waals surface area contributed by atoms with E-state index in [4.69, 9.17) is 9.47 Å². The monoisotopic (exact) mass is 396 g/mol. The van der Waals surface area contributed by atoms with Gasteiger partial charge in [0, 0.05) is 11.7 Å². The first-order valence-electron chi connectivity index (χ1n) is 10.6. The maximum absolute atomic E-state index is 13.1. The lowest BCUT2D eigenvalue weighted by Crippen LogP contribution is -2.46. The normalized spacial score (nSPS) is 15.8. The van der Waals surface area contributed by atoms with Gasteiger partial charge in [-0.1, -0.05) is 44.4 Å². The Labute approximate surface area is 174 Å². The number of fused-ring (bicyclic) bond motifs is 1. The molecular formula is C24H32N2O3. The van der Waals surface area contributed by atoms with E-state index in [1.54, 1.807) is 7.11 Å². The minimum Gasteiger partial charge on any atom is -0.493 e. The van der Waals surface area contributed by atoms with Gasteiger partial charge in [0.15, 0.2) is 11.5 Å². The van der Waals surface area contributed by atoms with Gasteiger partial charge in [0.25, 0.3) is 5.91 Å². The lowest BCUT2D eigenvalue weighted by atomic mass is 10.0. The number of ether oxygens (including phenoxy) is 2. The van der Waals surface area contributed by atoms with Crippen LogP contribution in [0.2, 0.25) is 0 Å². The van der Waals surface area contributed by atoms with Gasteiger partial charge in [-0.05, 0) is 50.1 Å². The summed E-state index contributed by atoms with van der Waals surface area (Å²) in [6.45, 7) is 6.95. The number of carbonyl (C=O) groups is 1. The van der Waals surface area contributed by atoms with Crippen molar-refractivity contribution in [2.75, 3.05) is 19.0 Å². The number of carbonyl (C=O) groups excluding carboxylic acids is 1. The van der Waals surface area contributed by atoms with Gasteiger partial charge < -0.3 is 19.7 Å². The Morgan fingerprint density at radius 1 is 1.07 bits per heavy atom. The molecule has 0 saturated heterocycles. The van der Waals surface area contributed by atoms with Crippen LogP contribution in [0.15, 0.2) is 42.5 Å². The smallest absolute Gasteiger partial charge is 0.258 e. The molecule has 156 valence electrons. The van der Waals surface area contributed by atoms with E-state index < -0.39 is 0 Å². The zero-order chi connectivity index (χ0) is 20.8. The summed E-state index contributed by atoms with van der Waals surface area (Å²) in [5.74, 6) is 1.47. The predicted octanol–water partition coefficient (Wildman–Crippen LogP) is 5.63. The Hall–Kier alpha value is -2.69. The van der Waals surface area contributed by atoms with Crippen LogP contribution < -0.4 is 14.8 Å². The van der Waals surface area contributed by atoms with E-state index in [1.807, 2.05) is 61.2 Å². The Morgan fingerprint density at radius 2 is 1.86 bits per heavy atom. The SMILES string of the molecule is CCCCCCOc1ccc(C2Nc3ccccc3C(=O)N2C(C)C)cc1OC. The lowest BCUT2D eigenvalue weighted by Gasteiger charge is -2.40. The van der Waals surface area contributed by atoms with Crippen LogP contribution in [0.1, 0.15) is 68.5 Å². The topological polar surface area (TPSA) is 50.8 Å². The summed E-state index contributed by atoms with van der Waals surface area (Å²) in [7, 11) is 1.65. The van der Waals surface area contributed by atoms with Crippen molar-refractivity contribution in [2.24, 2.45) is 0 Å². The van der Waals surface area contributed by atoms with E-state index >= 15 is 0 Å². The molecule has 2 aromatic carbocycles. The van der Waals surface area contributed by atoms with Crippen molar-refractivity contribution >= 4 is 11.6 Å². The number of nitrogens with one attached hydrogen (secondary N) is 1. The summed E-state index contributed by atoms with van der Waals surface area (Å²) in [4.78, 5) is 15.0. The zero-order valence-corrected chi connectivity index (χ0v) is 17.9. The van der Waals surface area contributed by atoms with Crippen LogP contribution >= 0.6 is 0 Å². The van der Waals surface area contributed by atoms with Gasteiger partial charge in [0.2, 0.25) is 0 Å². The van der Waals surface area contributed by atoms with Crippen molar-refractivity contribution in [3.63, 3.8) is 0 Å². The van der Waals surface area contributed by atoms with Crippen LogP contribution in [0.4, 0.5) is 5.69 Å². The molecule has 1 aliphatic heterocycles. The van der Waals surface area contributed by atoms with Crippen molar-refractivity contribution in [1.29, 1.82) is 0 Å². The van der Waals surface area contributed by atoms with E-state index in [2.05, 4.69) is 12.2 Å². The molecule has 0 saturated carbocycles. The third-order valence-electron chi connectivity index (χ3n) is 5.28. The minimum atomic E-state index is -0.259. The first-order chi connectivity index (χ1) is 14.1. The highest BCUT2D eigenvalue weighted by molar-refractivity contribution is 6.01. The molecule has 1 heterocycles. The molecule has 0 aromatic heterocycles. The van der Waals surface area contributed by atoms with E-state index in [0.29, 0.717) is 17.9 Å². The van der Waals surface area contributed by atoms with Crippen LogP contribution in [0.5, 0.6) is 11.5 Å². The molecule has 5 nitrogen and oxygen atoms in total. The van der Waals surface area contributed by atoms with E-state index in [-0.39, 0.29) is 18.1 Å². The van der Waals surface area contributed by atoms with Gasteiger partial charge in [-0.3, -0.25) is 4.79 Å². The van der Waals surface area contributed by atoms with Crippen molar-refractivity contribution in [3.05, 3.63) is 53.6 Å².